The van der Waals surface area contributed by atoms with Gasteiger partial charge < -0.3 is 10.2 Å². The molecule has 0 spiro atoms. The standard InChI is InChI=1S/C15H23N5/c1-4-7-20(11-9-17-10-11)15-13(8-16)12(5-2)14(6-3)18-19-15/h11,17H,4-7,9-10H2,1-3H3. The van der Waals surface area contributed by atoms with Gasteiger partial charge in [0.1, 0.15) is 11.6 Å². The summed E-state index contributed by atoms with van der Waals surface area (Å²) in [5.41, 5.74) is 2.74. The van der Waals surface area contributed by atoms with Crippen molar-refractivity contribution in [1.82, 2.24) is 15.5 Å². The van der Waals surface area contributed by atoms with Crippen molar-refractivity contribution in [3.8, 4) is 6.07 Å². The van der Waals surface area contributed by atoms with E-state index in [1.54, 1.807) is 0 Å². The van der Waals surface area contributed by atoms with Crippen molar-refractivity contribution in [2.24, 2.45) is 0 Å². The smallest absolute Gasteiger partial charge is 0.169 e. The van der Waals surface area contributed by atoms with E-state index in [0.29, 0.717) is 6.04 Å². The average molecular weight is 273 g/mol. The van der Waals surface area contributed by atoms with E-state index in [2.05, 4.69) is 47.3 Å². The van der Waals surface area contributed by atoms with E-state index in [9.17, 15) is 5.26 Å². The van der Waals surface area contributed by atoms with Gasteiger partial charge in [-0.15, -0.1) is 5.10 Å². The zero-order valence-electron chi connectivity index (χ0n) is 12.6. The number of aryl methyl sites for hydroxylation is 1. The molecule has 0 amide bonds. The first-order valence-corrected chi connectivity index (χ1v) is 7.52. The Morgan fingerprint density at radius 1 is 1.25 bits per heavy atom. The third-order valence-electron chi connectivity index (χ3n) is 3.88. The molecule has 1 aromatic heterocycles. The fourth-order valence-electron chi connectivity index (χ4n) is 2.68. The third-order valence-corrected chi connectivity index (χ3v) is 3.88. The second kappa shape index (κ2) is 6.67. The van der Waals surface area contributed by atoms with Gasteiger partial charge in [-0.1, -0.05) is 20.8 Å². The van der Waals surface area contributed by atoms with Crippen LogP contribution in [0.25, 0.3) is 0 Å². The molecule has 1 fully saturated rings. The number of hydrogen-bond donors (Lipinski definition) is 1. The van der Waals surface area contributed by atoms with Gasteiger partial charge in [-0.25, -0.2) is 0 Å². The highest BCUT2D eigenvalue weighted by Crippen LogP contribution is 2.25. The molecule has 1 saturated heterocycles. The molecule has 0 bridgehead atoms. The van der Waals surface area contributed by atoms with Crippen LogP contribution in [0.1, 0.15) is 44.0 Å². The van der Waals surface area contributed by atoms with Gasteiger partial charge in [0.25, 0.3) is 0 Å². The second-order valence-electron chi connectivity index (χ2n) is 5.15. The molecule has 1 aliphatic heterocycles. The maximum Gasteiger partial charge on any atom is 0.169 e. The first kappa shape index (κ1) is 14.7. The Kier molecular flexibility index (Phi) is 4.91. The van der Waals surface area contributed by atoms with E-state index in [1.165, 1.54) is 0 Å². The van der Waals surface area contributed by atoms with Crippen molar-refractivity contribution < 1.29 is 0 Å². The van der Waals surface area contributed by atoms with Crippen LogP contribution in [0.2, 0.25) is 0 Å². The summed E-state index contributed by atoms with van der Waals surface area (Å²) in [6.45, 7) is 9.14. The quantitative estimate of drug-likeness (QED) is 0.854. The molecule has 0 atom stereocenters. The summed E-state index contributed by atoms with van der Waals surface area (Å²) in [6.07, 6.45) is 2.70. The van der Waals surface area contributed by atoms with Gasteiger partial charge in [0.05, 0.1) is 11.7 Å². The summed E-state index contributed by atoms with van der Waals surface area (Å²) in [7, 11) is 0. The molecule has 1 aromatic rings. The molecule has 5 nitrogen and oxygen atoms in total. The Morgan fingerprint density at radius 2 is 2.00 bits per heavy atom. The highest BCUT2D eigenvalue weighted by molar-refractivity contribution is 5.59. The topological polar surface area (TPSA) is 64.8 Å². The van der Waals surface area contributed by atoms with Crippen molar-refractivity contribution in [2.45, 2.75) is 46.1 Å². The number of nitrogens with one attached hydrogen (secondary N) is 1. The van der Waals surface area contributed by atoms with Crippen LogP contribution >= 0.6 is 0 Å². The van der Waals surface area contributed by atoms with Crippen molar-refractivity contribution >= 4 is 5.82 Å². The van der Waals surface area contributed by atoms with Crippen LogP contribution in [0.3, 0.4) is 0 Å². The second-order valence-corrected chi connectivity index (χ2v) is 5.15. The van der Waals surface area contributed by atoms with Crippen LogP contribution in [0.15, 0.2) is 0 Å². The lowest BCUT2D eigenvalue weighted by Gasteiger charge is -2.39. The van der Waals surface area contributed by atoms with Gasteiger partial charge in [0.2, 0.25) is 0 Å². The van der Waals surface area contributed by atoms with Crippen molar-refractivity contribution in [2.75, 3.05) is 24.5 Å². The van der Waals surface area contributed by atoms with Crippen molar-refractivity contribution in [3.05, 3.63) is 16.8 Å². The molecule has 0 unspecified atom stereocenters. The molecule has 108 valence electrons. The Balaban J connectivity index is 2.46. The lowest BCUT2D eigenvalue weighted by Crippen LogP contribution is -2.58. The van der Waals surface area contributed by atoms with Crippen molar-refractivity contribution in [1.29, 1.82) is 5.26 Å². The van der Waals surface area contributed by atoms with E-state index in [0.717, 1.165) is 61.5 Å². The SMILES string of the molecule is CCCN(c1nnc(CC)c(CC)c1C#N)C1CNC1. The summed E-state index contributed by atoms with van der Waals surface area (Å²) in [5, 5.41) is 21.6. The summed E-state index contributed by atoms with van der Waals surface area (Å²) in [4.78, 5) is 2.25. The van der Waals surface area contributed by atoms with Crippen LogP contribution < -0.4 is 10.2 Å². The normalized spacial score (nSPS) is 14.7. The zero-order valence-corrected chi connectivity index (χ0v) is 12.6. The number of nitriles is 1. The molecule has 1 N–H and O–H groups in total. The fourth-order valence-corrected chi connectivity index (χ4v) is 2.68. The molecular weight excluding hydrogens is 250 g/mol. The summed E-state index contributed by atoms with van der Waals surface area (Å²) < 4.78 is 0. The first-order valence-electron chi connectivity index (χ1n) is 7.52. The van der Waals surface area contributed by atoms with Gasteiger partial charge >= 0.3 is 0 Å². The van der Waals surface area contributed by atoms with Crippen LogP contribution in [-0.4, -0.2) is 35.9 Å². The van der Waals surface area contributed by atoms with Gasteiger partial charge in [0.15, 0.2) is 5.82 Å². The molecule has 1 aliphatic rings. The number of anilines is 1. The summed E-state index contributed by atoms with van der Waals surface area (Å²) >= 11 is 0. The van der Waals surface area contributed by atoms with Crippen LogP contribution in [0.4, 0.5) is 5.82 Å². The van der Waals surface area contributed by atoms with Crippen LogP contribution in [0, 0.1) is 11.3 Å². The highest BCUT2D eigenvalue weighted by atomic mass is 15.3. The van der Waals surface area contributed by atoms with Crippen molar-refractivity contribution in [3.63, 3.8) is 0 Å². The number of nitrogens with zero attached hydrogens (tertiary/aromatic N) is 4. The molecule has 2 rings (SSSR count). The minimum atomic E-state index is 0.438. The Bertz CT molecular complexity index is 502. The van der Waals surface area contributed by atoms with E-state index < -0.39 is 0 Å². The van der Waals surface area contributed by atoms with E-state index in [-0.39, 0.29) is 0 Å². The zero-order chi connectivity index (χ0) is 14.5. The molecule has 0 aliphatic carbocycles. The lowest BCUT2D eigenvalue weighted by molar-refractivity contribution is 0.409. The molecule has 0 radical (unpaired) electrons. The molecule has 2 heterocycles. The molecule has 20 heavy (non-hydrogen) atoms. The molecule has 0 saturated carbocycles. The monoisotopic (exact) mass is 273 g/mol. The Morgan fingerprint density at radius 3 is 2.45 bits per heavy atom. The van der Waals surface area contributed by atoms with Crippen LogP contribution in [0.5, 0.6) is 0 Å². The highest BCUT2D eigenvalue weighted by Gasteiger charge is 2.28. The predicted octanol–water partition coefficient (Wildman–Crippen LogP) is 1.66. The van der Waals surface area contributed by atoms with Gasteiger partial charge in [-0.2, -0.15) is 10.4 Å². The van der Waals surface area contributed by atoms with E-state index >= 15 is 0 Å². The number of hydrogen-bond acceptors (Lipinski definition) is 5. The number of rotatable bonds is 6. The van der Waals surface area contributed by atoms with Crippen LogP contribution in [-0.2, 0) is 12.8 Å². The molecule has 0 aromatic carbocycles. The van der Waals surface area contributed by atoms with Gasteiger partial charge in [-0.3, -0.25) is 0 Å². The van der Waals surface area contributed by atoms with Gasteiger partial charge in [-0.05, 0) is 24.8 Å². The maximum absolute atomic E-state index is 9.58. The summed E-state index contributed by atoms with van der Waals surface area (Å²) in [5.74, 6) is 0.773. The Labute approximate surface area is 121 Å². The summed E-state index contributed by atoms with van der Waals surface area (Å²) in [6, 6.07) is 2.81. The van der Waals surface area contributed by atoms with Gasteiger partial charge in [0, 0.05) is 19.6 Å². The minimum Gasteiger partial charge on any atom is -0.348 e. The fraction of sp³-hybridized carbons (Fsp3) is 0.667. The third kappa shape index (κ3) is 2.61. The minimum absolute atomic E-state index is 0.438. The molecular formula is C15H23N5. The Hall–Kier alpha value is -1.67. The maximum atomic E-state index is 9.58. The average Bonchev–Trinajstić information content (AvgIpc) is 2.43. The van der Waals surface area contributed by atoms with E-state index in [1.807, 2.05) is 0 Å². The molecule has 5 heteroatoms. The predicted molar refractivity (Wildman–Crippen MR) is 79.8 cm³/mol. The lowest BCUT2D eigenvalue weighted by atomic mass is 10.0. The largest absolute Gasteiger partial charge is 0.348 e. The first-order chi connectivity index (χ1) is 9.76. The van der Waals surface area contributed by atoms with E-state index in [4.69, 9.17) is 0 Å². The number of aromatic nitrogens is 2.